The Bertz CT molecular complexity index is 227. The molecule has 0 atom stereocenters. The van der Waals surface area contributed by atoms with Crippen LogP contribution in [0.1, 0.15) is 13.8 Å². The Morgan fingerprint density at radius 3 is 2.17 bits per heavy atom. The lowest BCUT2D eigenvalue weighted by Crippen LogP contribution is -2.22. The van der Waals surface area contributed by atoms with Gasteiger partial charge in [0.05, 0.1) is 18.1 Å². The van der Waals surface area contributed by atoms with E-state index in [0.29, 0.717) is 5.95 Å². The van der Waals surface area contributed by atoms with Gasteiger partial charge in [0.25, 0.3) is 0 Å². The van der Waals surface area contributed by atoms with E-state index >= 15 is 0 Å². The minimum absolute atomic E-state index is 0.325. The first-order chi connectivity index (χ1) is 5.77. The summed E-state index contributed by atoms with van der Waals surface area (Å²) in [6, 6.07) is 0. The third kappa shape index (κ3) is 1.84. The summed E-state index contributed by atoms with van der Waals surface area (Å²) >= 11 is 0. The van der Waals surface area contributed by atoms with Gasteiger partial charge in [-0.2, -0.15) is 0 Å². The number of rotatable bonds is 3. The fourth-order valence-corrected chi connectivity index (χ4v) is 1.08. The van der Waals surface area contributed by atoms with E-state index in [0.717, 1.165) is 18.8 Å². The second-order valence-corrected chi connectivity index (χ2v) is 2.47. The van der Waals surface area contributed by atoms with Gasteiger partial charge in [-0.1, -0.05) is 0 Å². The molecule has 0 fully saturated rings. The average Bonchev–Trinajstić information content (AvgIpc) is 2.10. The second-order valence-electron chi connectivity index (χ2n) is 2.47. The first-order valence-electron chi connectivity index (χ1n) is 4.10. The minimum atomic E-state index is 0.325. The first-order valence-corrected chi connectivity index (χ1v) is 4.10. The van der Waals surface area contributed by atoms with Gasteiger partial charge >= 0.3 is 0 Å². The van der Waals surface area contributed by atoms with Crippen molar-refractivity contribution in [2.24, 2.45) is 0 Å². The summed E-state index contributed by atoms with van der Waals surface area (Å²) < 4.78 is 0. The molecule has 1 aromatic rings. The van der Waals surface area contributed by atoms with Crippen LogP contribution in [0.3, 0.4) is 0 Å². The van der Waals surface area contributed by atoms with Crippen molar-refractivity contribution in [2.45, 2.75) is 13.8 Å². The van der Waals surface area contributed by atoms with Gasteiger partial charge < -0.3 is 10.6 Å². The molecule has 4 nitrogen and oxygen atoms in total. The largest absolute Gasteiger partial charge is 0.370 e. The summed E-state index contributed by atoms with van der Waals surface area (Å²) in [7, 11) is 0. The number of aromatic nitrogens is 2. The molecule has 4 heteroatoms. The molecule has 0 saturated carbocycles. The molecule has 66 valence electrons. The quantitative estimate of drug-likeness (QED) is 0.725. The highest BCUT2D eigenvalue weighted by molar-refractivity contribution is 5.43. The van der Waals surface area contributed by atoms with Crippen LogP contribution in [0.4, 0.5) is 11.6 Å². The number of hydrogen-bond acceptors (Lipinski definition) is 4. The molecule has 0 aliphatic carbocycles. The number of anilines is 2. The molecular weight excluding hydrogens is 152 g/mol. The van der Waals surface area contributed by atoms with Gasteiger partial charge in [0.2, 0.25) is 5.95 Å². The Morgan fingerprint density at radius 2 is 1.75 bits per heavy atom. The average molecular weight is 166 g/mol. The minimum Gasteiger partial charge on any atom is -0.370 e. The Kier molecular flexibility index (Phi) is 2.85. The summed E-state index contributed by atoms with van der Waals surface area (Å²) in [5.74, 6) is 0.325. The Balaban J connectivity index is 2.80. The van der Waals surface area contributed by atoms with Crippen molar-refractivity contribution in [3.05, 3.63) is 12.4 Å². The normalized spacial score (nSPS) is 9.83. The topological polar surface area (TPSA) is 55.0 Å². The van der Waals surface area contributed by atoms with Crippen LogP contribution in [-0.4, -0.2) is 23.1 Å². The zero-order valence-corrected chi connectivity index (χ0v) is 7.49. The predicted octanol–water partition coefficient (Wildman–Crippen LogP) is 0.905. The smallest absolute Gasteiger partial charge is 0.220 e. The molecule has 1 rings (SSSR count). The van der Waals surface area contributed by atoms with Gasteiger partial charge in [-0.3, -0.25) is 0 Å². The maximum absolute atomic E-state index is 5.37. The van der Waals surface area contributed by atoms with Crippen molar-refractivity contribution in [3.63, 3.8) is 0 Å². The third-order valence-electron chi connectivity index (χ3n) is 1.79. The van der Waals surface area contributed by atoms with Crippen LogP contribution < -0.4 is 10.6 Å². The highest BCUT2D eigenvalue weighted by Gasteiger charge is 2.00. The summed E-state index contributed by atoms with van der Waals surface area (Å²) in [6.07, 6.45) is 3.49. The molecule has 1 aromatic heterocycles. The third-order valence-corrected chi connectivity index (χ3v) is 1.79. The monoisotopic (exact) mass is 166 g/mol. The zero-order valence-electron chi connectivity index (χ0n) is 7.49. The van der Waals surface area contributed by atoms with Crippen molar-refractivity contribution in [3.8, 4) is 0 Å². The van der Waals surface area contributed by atoms with Crippen molar-refractivity contribution in [1.82, 2.24) is 9.97 Å². The van der Waals surface area contributed by atoms with Gasteiger partial charge in [0, 0.05) is 13.1 Å². The van der Waals surface area contributed by atoms with Crippen molar-refractivity contribution in [2.75, 3.05) is 23.7 Å². The van der Waals surface area contributed by atoms with Crippen LogP contribution in [0.15, 0.2) is 12.4 Å². The van der Waals surface area contributed by atoms with Gasteiger partial charge in [0.15, 0.2) is 0 Å². The molecule has 0 radical (unpaired) electrons. The van der Waals surface area contributed by atoms with E-state index in [2.05, 4.69) is 28.7 Å². The highest BCUT2D eigenvalue weighted by atomic mass is 15.1. The lowest BCUT2D eigenvalue weighted by molar-refractivity contribution is 0.857. The summed E-state index contributed by atoms with van der Waals surface area (Å²) in [5, 5.41) is 0. The summed E-state index contributed by atoms with van der Waals surface area (Å²) in [5.41, 5.74) is 6.39. The maximum atomic E-state index is 5.37. The molecular formula is C8H14N4. The Morgan fingerprint density at radius 1 is 1.25 bits per heavy atom. The molecule has 0 bridgehead atoms. The SMILES string of the molecule is CCN(CC)c1cnc(N)nc1. The number of nitrogens with zero attached hydrogens (tertiary/aromatic N) is 3. The van der Waals surface area contributed by atoms with E-state index in [4.69, 9.17) is 5.73 Å². The van der Waals surface area contributed by atoms with Crippen molar-refractivity contribution < 1.29 is 0 Å². The Hall–Kier alpha value is -1.32. The van der Waals surface area contributed by atoms with Crippen molar-refractivity contribution in [1.29, 1.82) is 0 Å². The molecule has 0 aliphatic rings. The molecule has 0 spiro atoms. The zero-order chi connectivity index (χ0) is 8.97. The molecule has 0 aliphatic heterocycles. The number of nitrogen functional groups attached to an aromatic ring is 1. The molecule has 0 saturated heterocycles. The van der Waals surface area contributed by atoms with E-state index in [-0.39, 0.29) is 0 Å². The van der Waals surface area contributed by atoms with Gasteiger partial charge in [-0.15, -0.1) is 0 Å². The molecule has 0 unspecified atom stereocenters. The van der Waals surface area contributed by atoms with Crippen LogP contribution in [0.2, 0.25) is 0 Å². The summed E-state index contributed by atoms with van der Waals surface area (Å²) in [4.78, 5) is 10.0. The maximum Gasteiger partial charge on any atom is 0.220 e. The van der Waals surface area contributed by atoms with Crippen molar-refractivity contribution >= 4 is 11.6 Å². The predicted molar refractivity (Wildman–Crippen MR) is 50.0 cm³/mol. The fraction of sp³-hybridized carbons (Fsp3) is 0.500. The highest BCUT2D eigenvalue weighted by Crippen LogP contribution is 2.10. The standard InChI is InChI=1S/C8H14N4/c1-3-12(4-2)7-5-10-8(9)11-6-7/h5-6H,3-4H2,1-2H3,(H2,9,10,11). The van der Waals surface area contributed by atoms with E-state index in [1.807, 2.05) is 0 Å². The van der Waals surface area contributed by atoms with Crippen LogP contribution >= 0.6 is 0 Å². The molecule has 1 heterocycles. The van der Waals surface area contributed by atoms with Gasteiger partial charge in [-0.25, -0.2) is 9.97 Å². The molecule has 12 heavy (non-hydrogen) atoms. The van der Waals surface area contributed by atoms with E-state index in [1.165, 1.54) is 0 Å². The van der Waals surface area contributed by atoms with Gasteiger partial charge in [0.1, 0.15) is 0 Å². The van der Waals surface area contributed by atoms with Crippen LogP contribution in [0, 0.1) is 0 Å². The molecule has 2 N–H and O–H groups in total. The van der Waals surface area contributed by atoms with E-state index in [1.54, 1.807) is 12.4 Å². The number of nitrogens with two attached hydrogens (primary N) is 1. The van der Waals surface area contributed by atoms with Gasteiger partial charge in [-0.05, 0) is 13.8 Å². The Labute approximate surface area is 72.4 Å². The summed E-state index contributed by atoms with van der Waals surface area (Å²) in [6.45, 7) is 6.12. The molecule has 0 aromatic carbocycles. The van der Waals surface area contributed by atoms with Crippen LogP contribution in [0.5, 0.6) is 0 Å². The molecule has 0 amide bonds. The fourth-order valence-electron chi connectivity index (χ4n) is 1.08. The lowest BCUT2D eigenvalue weighted by Gasteiger charge is -2.19. The van der Waals surface area contributed by atoms with E-state index < -0.39 is 0 Å². The van der Waals surface area contributed by atoms with E-state index in [9.17, 15) is 0 Å². The second kappa shape index (κ2) is 3.90. The number of hydrogen-bond donors (Lipinski definition) is 1. The lowest BCUT2D eigenvalue weighted by atomic mass is 10.4. The first kappa shape index (κ1) is 8.77. The van der Waals surface area contributed by atoms with Crippen LogP contribution in [-0.2, 0) is 0 Å². The van der Waals surface area contributed by atoms with Crippen LogP contribution in [0.25, 0.3) is 0 Å².